The molecule has 0 aromatic heterocycles. The largest absolute Gasteiger partial charge is 0.479 e. The molecule has 0 aliphatic heterocycles. The minimum Gasteiger partial charge on any atom is -0.479 e. The quantitative estimate of drug-likeness (QED) is 0.235. The Bertz CT molecular complexity index is 1260. The molecular formula is C25H27N3O5S. The molecule has 3 rings (SSSR count). The van der Waals surface area contributed by atoms with E-state index in [4.69, 9.17) is 15.9 Å². The van der Waals surface area contributed by atoms with Gasteiger partial charge in [-0.1, -0.05) is 61.9 Å². The van der Waals surface area contributed by atoms with E-state index in [2.05, 4.69) is 4.72 Å². The van der Waals surface area contributed by atoms with Crippen LogP contribution < -0.4 is 15.2 Å². The van der Waals surface area contributed by atoms with Crippen molar-refractivity contribution in [2.24, 2.45) is 5.73 Å². The molecule has 0 saturated heterocycles. The molecule has 0 fully saturated rings. The number of ether oxygens (including phenoxy) is 1. The Balaban J connectivity index is 2.02. The minimum absolute atomic E-state index is 0.0570. The summed E-state index contributed by atoms with van der Waals surface area (Å²) in [5.41, 5.74) is 7.64. The van der Waals surface area contributed by atoms with Gasteiger partial charge in [-0.05, 0) is 48.2 Å². The molecule has 34 heavy (non-hydrogen) atoms. The second-order valence-corrected chi connectivity index (χ2v) is 9.39. The number of rotatable bonds is 11. The van der Waals surface area contributed by atoms with Crippen LogP contribution in [0.25, 0.3) is 11.1 Å². The first kappa shape index (κ1) is 24.8. The van der Waals surface area contributed by atoms with Gasteiger partial charge in [0.2, 0.25) is 0 Å². The zero-order valence-corrected chi connectivity index (χ0v) is 19.5. The summed E-state index contributed by atoms with van der Waals surface area (Å²) in [6.45, 7) is 1.95. The molecule has 0 amide bonds. The Morgan fingerprint density at radius 2 is 1.71 bits per heavy atom. The smallest absolute Gasteiger partial charge is 0.344 e. The van der Waals surface area contributed by atoms with E-state index >= 15 is 0 Å². The Labute approximate surface area is 199 Å². The lowest BCUT2D eigenvalue weighted by atomic mass is 10.0. The van der Waals surface area contributed by atoms with Crippen LogP contribution in [0.4, 0.5) is 5.69 Å². The van der Waals surface area contributed by atoms with E-state index in [9.17, 15) is 18.3 Å². The molecule has 0 bridgehead atoms. The molecular weight excluding hydrogens is 454 g/mol. The number of unbranched alkanes of at least 4 members (excludes halogenated alkanes) is 1. The van der Waals surface area contributed by atoms with Gasteiger partial charge in [0.25, 0.3) is 10.0 Å². The lowest BCUT2D eigenvalue weighted by molar-refractivity contribution is -0.145. The van der Waals surface area contributed by atoms with Crippen LogP contribution in [-0.4, -0.2) is 31.4 Å². The van der Waals surface area contributed by atoms with Crippen molar-refractivity contribution >= 4 is 27.5 Å². The number of anilines is 1. The van der Waals surface area contributed by atoms with Crippen molar-refractivity contribution < 1.29 is 23.1 Å². The predicted octanol–water partition coefficient (Wildman–Crippen LogP) is 4.46. The average Bonchev–Trinajstić information content (AvgIpc) is 2.82. The maximum Gasteiger partial charge on any atom is 0.344 e. The van der Waals surface area contributed by atoms with Crippen LogP contribution in [0.15, 0.2) is 77.7 Å². The standard InChI is InChI=1S/C25H27N3O5S/c1-2-3-9-23(25(29)30)33-22-15-14-19(17-10-12-18(13-11-17)24(26)27)16-21(22)28-34(31,32)20-7-5-4-6-8-20/h4-8,10-16,23,28H,2-3,9H2,1H3,(H3,26,27)(H,29,30). The number of hydrogen-bond donors (Lipinski definition) is 4. The number of hydrogen-bond acceptors (Lipinski definition) is 5. The molecule has 9 heteroatoms. The number of nitrogens with one attached hydrogen (secondary N) is 2. The van der Waals surface area contributed by atoms with Crippen LogP contribution in [0.5, 0.6) is 5.75 Å². The van der Waals surface area contributed by atoms with Crippen molar-refractivity contribution in [3.8, 4) is 16.9 Å². The second-order valence-electron chi connectivity index (χ2n) is 7.71. The topological polar surface area (TPSA) is 143 Å². The Hall–Kier alpha value is -3.85. The fourth-order valence-corrected chi connectivity index (χ4v) is 4.40. The van der Waals surface area contributed by atoms with Crippen molar-refractivity contribution in [1.29, 1.82) is 5.41 Å². The first-order valence-electron chi connectivity index (χ1n) is 10.8. The fraction of sp³-hybridized carbons (Fsp3) is 0.200. The number of amidine groups is 1. The number of carboxylic acids is 1. The molecule has 3 aromatic rings. The molecule has 1 atom stereocenters. The summed E-state index contributed by atoms with van der Waals surface area (Å²) in [7, 11) is -3.95. The highest BCUT2D eigenvalue weighted by molar-refractivity contribution is 7.92. The molecule has 8 nitrogen and oxygen atoms in total. The van der Waals surface area contributed by atoms with Crippen molar-refractivity contribution in [2.45, 2.75) is 37.2 Å². The van der Waals surface area contributed by atoms with Gasteiger partial charge in [-0.3, -0.25) is 10.1 Å². The van der Waals surface area contributed by atoms with Gasteiger partial charge in [0.15, 0.2) is 6.10 Å². The first-order chi connectivity index (χ1) is 16.2. The number of benzene rings is 3. The normalized spacial score (nSPS) is 12.0. The van der Waals surface area contributed by atoms with Gasteiger partial charge in [0.05, 0.1) is 10.6 Å². The van der Waals surface area contributed by atoms with Crippen molar-refractivity contribution in [3.63, 3.8) is 0 Å². The van der Waals surface area contributed by atoms with Gasteiger partial charge in [0, 0.05) is 5.56 Å². The van der Waals surface area contributed by atoms with Gasteiger partial charge < -0.3 is 15.6 Å². The number of sulfonamides is 1. The molecule has 0 heterocycles. The summed E-state index contributed by atoms with van der Waals surface area (Å²) in [4.78, 5) is 11.8. The molecule has 3 aromatic carbocycles. The third-order valence-corrected chi connectivity index (χ3v) is 6.55. The number of carboxylic acid groups (broad SMARTS) is 1. The summed E-state index contributed by atoms with van der Waals surface area (Å²) in [6.07, 6.45) is 0.643. The van der Waals surface area contributed by atoms with Crippen LogP contribution in [-0.2, 0) is 14.8 Å². The van der Waals surface area contributed by atoms with Crippen molar-refractivity contribution in [2.75, 3.05) is 4.72 Å². The third kappa shape index (κ3) is 6.14. The van der Waals surface area contributed by atoms with Gasteiger partial charge in [-0.15, -0.1) is 0 Å². The highest BCUT2D eigenvalue weighted by Crippen LogP contribution is 2.34. The first-order valence-corrected chi connectivity index (χ1v) is 12.3. The van der Waals surface area contributed by atoms with Crippen LogP contribution in [0.1, 0.15) is 31.7 Å². The van der Waals surface area contributed by atoms with E-state index in [1.165, 1.54) is 12.1 Å². The maximum absolute atomic E-state index is 13.0. The highest BCUT2D eigenvalue weighted by Gasteiger charge is 2.23. The minimum atomic E-state index is -3.95. The van der Waals surface area contributed by atoms with E-state index in [1.54, 1.807) is 60.7 Å². The Morgan fingerprint density at radius 3 is 2.29 bits per heavy atom. The van der Waals surface area contributed by atoms with E-state index in [1.807, 2.05) is 6.92 Å². The van der Waals surface area contributed by atoms with E-state index in [0.29, 0.717) is 24.0 Å². The van der Waals surface area contributed by atoms with Crippen LogP contribution in [0, 0.1) is 5.41 Å². The monoisotopic (exact) mass is 481 g/mol. The Morgan fingerprint density at radius 1 is 1.06 bits per heavy atom. The van der Waals surface area contributed by atoms with Crippen LogP contribution in [0.2, 0.25) is 0 Å². The van der Waals surface area contributed by atoms with Gasteiger partial charge in [0.1, 0.15) is 11.6 Å². The third-order valence-electron chi connectivity index (χ3n) is 5.17. The number of carbonyl (C=O) groups is 1. The molecule has 0 spiro atoms. The number of nitrogen functional groups attached to an aromatic ring is 1. The Kier molecular flexibility index (Phi) is 7.91. The van der Waals surface area contributed by atoms with Crippen LogP contribution >= 0.6 is 0 Å². The van der Waals surface area contributed by atoms with E-state index in [-0.39, 0.29) is 22.2 Å². The molecule has 0 aliphatic rings. The summed E-state index contributed by atoms with van der Waals surface area (Å²) in [6, 6.07) is 19.7. The molecule has 0 aliphatic carbocycles. The molecule has 178 valence electrons. The lowest BCUT2D eigenvalue weighted by Gasteiger charge is -2.19. The van der Waals surface area contributed by atoms with Gasteiger partial charge in [-0.25, -0.2) is 13.2 Å². The summed E-state index contributed by atoms with van der Waals surface area (Å²) in [5.74, 6) is -1.06. The fourth-order valence-electron chi connectivity index (χ4n) is 3.31. The summed E-state index contributed by atoms with van der Waals surface area (Å²) >= 11 is 0. The zero-order valence-electron chi connectivity index (χ0n) is 18.7. The number of nitrogens with two attached hydrogens (primary N) is 1. The maximum atomic E-state index is 13.0. The molecule has 5 N–H and O–H groups in total. The van der Waals surface area contributed by atoms with E-state index in [0.717, 1.165) is 12.0 Å². The van der Waals surface area contributed by atoms with Crippen LogP contribution in [0.3, 0.4) is 0 Å². The average molecular weight is 482 g/mol. The summed E-state index contributed by atoms with van der Waals surface area (Å²) < 4.78 is 34.3. The van der Waals surface area contributed by atoms with Gasteiger partial charge in [-0.2, -0.15) is 0 Å². The SMILES string of the molecule is CCCCC(Oc1ccc(-c2ccc(C(=N)N)cc2)cc1NS(=O)(=O)c1ccccc1)C(=O)O. The second kappa shape index (κ2) is 10.8. The lowest BCUT2D eigenvalue weighted by Crippen LogP contribution is -2.27. The van der Waals surface area contributed by atoms with Crippen molar-refractivity contribution in [1.82, 2.24) is 0 Å². The van der Waals surface area contributed by atoms with E-state index < -0.39 is 22.1 Å². The van der Waals surface area contributed by atoms with Crippen molar-refractivity contribution in [3.05, 3.63) is 78.4 Å². The molecule has 0 radical (unpaired) electrons. The number of aliphatic carboxylic acids is 1. The molecule has 0 saturated carbocycles. The zero-order chi connectivity index (χ0) is 24.7. The van der Waals surface area contributed by atoms with Gasteiger partial charge >= 0.3 is 5.97 Å². The summed E-state index contributed by atoms with van der Waals surface area (Å²) in [5, 5.41) is 17.1. The highest BCUT2D eigenvalue weighted by atomic mass is 32.2. The predicted molar refractivity (Wildman–Crippen MR) is 132 cm³/mol. The molecule has 1 unspecified atom stereocenters.